The summed E-state index contributed by atoms with van der Waals surface area (Å²) in [5, 5.41) is 11.1. The van der Waals surface area contributed by atoms with E-state index in [2.05, 4.69) is 6.07 Å². The fraction of sp³-hybridized carbons (Fsp3) is 0.400. The fourth-order valence-corrected chi connectivity index (χ4v) is 2.18. The van der Waals surface area contributed by atoms with E-state index in [9.17, 15) is 9.90 Å². The van der Waals surface area contributed by atoms with Crippen molar-refractivity contribution in [2.24, 2.45) is 0 Å². The Balaban J connectivity index is 2.07. The van der Waals surface area contributed by atoms with Crippen molar-refractivity contribution in [3.8, 4) is 0 Å². The molecule has 19 heavy (non-hydrogen) atoms. The van der Waals surface area contributed by atoms with Crippen LogP contribution in [0.25, 0.3) is 10.9 Å². The Morgan fingerprint density at radius 2 is 2.21 bits per heavy atom. The molecule has 1 aromatic carbocycles. The van der Waals surface area contributed by atoms with E-state index in [0.29, 0.717) is 13.2 Å². The first kappa shape index (κ1) is 13.6. The van der Waals surface area contributed by atoms with E-state index >= 15 is 0 Å². The molecule has 4 nitrogen and oxygen atoms in total. The van der Waals surface area contributed by atoms with Crippen LogP contribution in [0.3, 0.4) is 0 Å². The van der Waals surface area contributed by atoms with Crippen LogP contribution in [-0.4, -0.2) is 28.4 Å². The zero-order valence-electron chi connectivity index (χ0n) is 11.3. The van der Waals surface area contributed by atoms with Crippen molar-refractivity contribution >= 4 is 16.9 Å². The molecule has 0 bridgehead atoms. The molecule has 0 radical (unpaired) electrons. The van der Waals surface area contributed by atoms with Gasteiger partial charge in [-0.15, -0.1) is 0 Å². The number of fused-ring (bicyclic) bond motifs is 1. The highest BCUT2D eigenvalue weighted by atomic mass is 16.5. The lowest BCUT2D eigenvalue weighted by atomic mass is 10.2. The molecule has 4 heteroatoms. The molecule has 0 saturated heterocycles. The highest BCUT2D eigenvalue weighted by molar-refractivity contribution is 5.80. The summed E-state index contributed by atoms with van der Waals surface area (Å²) in [5.74, 6) is -0.359. The van der Waals surface area contributed by atoms with Crippen LogP contribution >= 0.6 is 0 Å². The molecule has 102 valence electrons. The van der Waals surface area contributed by atoms with Crippen LogP contribution in [0.4, 0.5) is 0 Å². The Hall–Kier alpha value is -1.81. The topological polar surface area (TPSA) is 51.5 Å². The number of carbonyl (C=O) groups excluding carboxylic acids is 1. The molecule has 2 rings (SSSR count). The zero-order valence-corrected chi connectivity index (χ0v) is 11.3. The van der Waals surface area contributed by atoms with Crippen LogP contribution in [0.1, 0.15) is 18.9 Å². The van der Waals surface area contributed by atoms with Gasteiger partial charge < -0.3 is 14.4 Å². The summed E-state index contributed by atoms with van der Waals surface area (Å²) in [6.45, 7) is 4.54. The van der Waals surface area contributed by atoms with Crippen LogP contribution in [-0.2, 0) is 16.1 Å². The Kier molecular flexibility index (Phi) is 4.22. The van der Waals surface area contributed by atoms with Gasteiger partial charge in [-0.2, -0.15) is 0 Å². The highest BCUT2D eigenvalue weighted by Crippen LogP contribution is 2.18. The average Bonchev–Trinajstić information content (AvgIpc) is 2.71. The van der Waals surface area contributed by atoms with E-state index in [1.807, 2.05) is 35.9 Å². The fourth-order valence-electron chi connectivity index (χ4n) is 2.18. The molecule has 0 fully saturated rings. The average molecular weight is 261 g/mol. The van der Waals surface area contributed by atoms with E-state index in [4.69, 9.17) is 4.74 Å². The lowest BCUT2D eigenvalue weighted by Crippen LogP contribution is -2.20. The van der Waals surface area contributed by atoms with Crippen LogP contribution in [0.2, 0.25) is 0 Å². The molecule has 0 saturated carbocycles. The second-order valence-corrected chi connectivity index (χ2v) is 4.69. The lowest BCUT2D eigenvalue weighted by Gasteiger charge is -2.12. The van der Waals surface area contributed by atoms with Crippen LogP contribution in [0.15, 0.2) is 30.5 Å². The molecule has 1 heterocycles. The number of aryl methyl sites for hydroxylation is 1. The van der Waals surface area contributed by atoms with E-state index in [-0.39, 0.29) is 12.4 Å². The molecular weight excluding hydrogens is 242 g/mol. The van der Waals surface area contributed by atoms with Gasteiger partial charge in [-0.05, 0) is 37.4 Å². The Bertz CT molecular complexity index is 574. The summed E-state index contributed by atoms with van der Waals surface area (Å²) in [7, 11) is 0. The summed E-state index contributed by atoms with van der Waals surface area (Å²) in [6.07, 6.45) is 1.23. The number of hydrogen-bond donors (Lipinski definition) is 1. The Labute approximate surface area is 112 Å². The van der Waals surface area contributed by atoms with Gasteiger partial charge in [-0.3, -0.25) is 4.79 Å². The minimum absolute atomic E-state index is 0.0272. The standard InChI is InChI=1S/C15H19NO3/c1-3-19-15(18)9-13(17)10-16-7-6-12-8-11(2)4-5-14(12)16/h4-8,13,17H,3,9-10H2,1-2H3. The van der Waals surface area contributed by atoms with Crippen LogP contribution in [0, 0.1) is 6.92 Å². The van der Waals surface area contributed by atoms with Crippen molar-refractivity contribution in [3.05, 3.63) is 36.0 Å². The molecule has 0 spiro atoms. The van der Waals surface area contributed by atoms with E-state index in [1.54, 1.807) is 6.92 Å². The van der Waals surface area contributed by atoms with Crippen molar-refractivity contribution < 1.29 is 14.6 Å². The van der Waals surface area contributed by atoms with Gasteiger partial charge in [0.25, 0.3) is 0 Å². The molecule has 0 amide bonds. The molecule has 1 atom stereocenters. The van der Waals surface area contributed by atoms with Gasteiger partial charge in [0.05, 0.1) is 19.1 Å². The van der Waals surface area contributed by atoms with Gasteiger partial charge >= 0.3 is 5.97 Å². The Morgan fingerprint density at radius 3 is 2.95 bits per heavy atom. The molecule has 1 aromatic heterocycles. The van der Waals surface area contributed by atoms with Gasteiger partial charge in [0, 0.05) is 18.3 Å². The number of nitrogens with zero attached hydrogens (tertiary/aromatic N) is 1. The zero-order chi connectivity index (χ0) is 13.8. The quantitative estimate of drug-likeness (QED) is 0.840. The first-order valence-electron chi connectivity index (χ1n) is 6.49. The van der Waals surface area contributed by atoms with Gasteiger partial charge in [0.2, 0.25) is 0 Å². The van der Waals surface area contributed by atoms with Gasteiger partial charge in [-0.1, -0.05) is 11.6 Å². The van der Waals surface area contributed by atoms with Crippen molar-refractivity contribution in [3.63, 3.8) is 0 Å². The van der Waals surface area contributed by atoms with Crippen LogP contribution in [0.5, 0.6) is 0 Å². The minimum Gasteiger partial charge on any atom is -0.466 e. The maximum Gasteiger partial charge on any atom is 0.308 e. The number of aliphatic hydroxyl groups is 1. The predicted octanol–water partition coefficient (Wildman–Crippen LogP) is 2.26. The molecule has 0 aliphatic carbocycles. The summed E-state index contributed by atoms with van der Waals surface area (Å²) < 4.78 is 6.78. The molecule has 0 aliphatic heterocycles. The number of ether oxygens (including phenoxy) is 1. The van der Waals surface area contributed by atoms with Crippen molar-refractivity contribution in [1.82, 2.24) is 4.57 Å². The largest absolute Gasteiger partial charge is 0.466 e. The van der Waals surface area contributed by atoms with E-state index < -0.39 is 6.10 Å². The second-order valence-electron chi connectivity index (χ2n) is 4.69. The van der Waals surface area contributed by atoms with Gasteiger partial charge in [-0.25, -0.2) is 0 Å². The second kappa shape index (κ2) is 5.89. The third kappa shape index (κ3) is 3.35. The number of aromatic nitrogens is 1. The van der Waals surface area contributed by atoms with E-state index in [1.165, 1.54) is 5.56 Å². The summed E-state index contributed by atoms with van der Waals surface area (Å²) in [5.41, 5.74) is 2.27. The smallest absolute Gasteiger partial charge is 0.308 e. The maximum absolute atomic E-state index is 11.3. The third-order valence-corrected chi connectivity index (χ3v) is 3.04. The normalized spacial score (nSPS) is 12.6. The number of aliphatic hydroxyl groups excluding tert-OH is 1. The third-order valence-electron chi connectivity index (χ3n) is 3.04. The monoisotopic (exact) mass is 261 g/mol. The molecule has 1 unspecified atom stereocenters. The minimum atomic E-state index is -0.726. The summed E-state index contributed by atoms with van der Waals surface area (Å²) in [4.78, 5) is 11.3. The number of rotatable bonds is 5. The number of benzene rings is 1. The number of carbonyl (C=O) groups is 1. The molecule has 1 N–H and O–H groups in total. The number of hydrogen-bond acceptors (Lipinski definition) is 3. The van der Waals surface area contributed by atoms with Crippen molar-refractivity contribution in [1.29, 1.82) is 0 Å². The maximum atomic E-state index is 11.3. The molecule has 0 aliphatic rings. The van der Waals surface area contributed by atoms with Crippen molar-refractivity contribution in [2.75, 3.05) is 6.61 Å². The first-order valence-corrected chi connectivity index (χ1v) is 6.49. The summed E-state index contributed by atoms with van der Waals surface area (Å²) >= 11 is 0. The van der Waals surface area contributed by atoms with E-state index in [0.717, 1.165) is 10.9 Å². The number of esters is 1. The molecular formula is C15H19NO3. The SMILES string of the molecule is CCOC(=O)CC(O)Cn1ccc2cc(C)ccc21. The van der Waals surface area contributed by atoms with Gasteiger partial charge in [0.1, 0.15) is 0 Å². The highest BCUT2D eigenvalue weighted by Gasteiger charge is 2.13. The first-order chi connectivity index (χ1) is 9.10. The predicted molar refractivity (Wildman–Crippen MR) is 73.9 cm³/mol. The summed E-state index contributed by atoms with van der Waals surface area (Å²) in [6, 6.07) is 8.18. The lowest BCUT2D eigenvalue weighted by molar-refractivity contribution is -0.145. The van der Waals surface area contributed by atoms with Gasteiger partial charge in [0.15, 0.2) is 0 Å². The Morgan fingerprint density at radius 1 is 1.42 bits per heavy atom. The van der Waals surface area contributed by atoms with Crippen molar-refractivity contribution in [2.45, 2.75) is 32.9 Å². The van der Waals surface area contributed by atoms with Crippen LogP contribution < -0.4 is 0 Å². The molecule has 2 aromatic rings.